The van der Waals surface area contributed by atoms with Crippen molar-refractivity contribution in [3.8, 4) is 0 Å². The van der Waals surface area contributed by atoms with Crippen LogP contribution in [0.4, 0.5) is 0 Å². The Morgan fingerprint density at radius 2 is 1.76 bits per heavy atom. The Hall–Kier alpha value is -3.30. The number of fused-ring (bicyclic) bond motifs is 1. The maximum atomic E-state index is 12.7. The number of benzene rings is 1. The second kappa shape index (κ2) is 11.7. The first-order valence-electron chi connectivity index (χ1n) is 10.9. The van der Waals surface area contributed by atoms with Gasteiger partial charge in [0, 0.05) is 0 Å². The van der Waals surface area contributed by atoms with Crippen LogP contribution in [0.1, 0.15) is 58.2 Å². The molecule has 2 aromatic heterocycles. The lowest BCUT2D eigenvalue weighted by Crippen LogP contribution is -2.51. The van der Waals surface area contributed by atoms with E-state index in [2.05, 4.69) is 15.5 Å². The van der Waals surface area contributed by atoms with Gasteiger partial charge in [0.15, 0.2) is 11.5 Å². The third kappa shape index (κ3) is 6.85. The van der Waals surface area contributed by atoms with Gasteiger partial charge >= 0.3 is 5.97 Å². The molecule has 0 aliphatic carbocycles. The molecule has 0 aliphatic rings. The molecule has 0 aliphatic heterocycles. The number of esters is 1. The molecule has 0 fully saturated rings. The lowest BCUT2D eigenvalue weighted by molar-refractivity contribution is -0.148. The summed E-state index contributed by atoms with van der Waals surface area (Å²) in [5.41, 5.74) is 7.16. The number of hydrogen-bond donors (Lipinski definition) is 2. The van der Waals surface area contributed by atoms with Crippen LogP contribution in [0.2, 0.25) is 0 Å². The summed E-state index contributed by atoms with van der Waals surface area (Å²) in [5.74, 6) is -0.430. The fourth-order valence-electron chi connectivity index (χ4n) is 3.07. The molecule has 3 aromatic rings. The summed E-state index contributed by atoms with van der Waals surface area (Å²) in [4.78, 5) is 24.7. The monoisotopic (exact) mass is 469 g/mol. The fraction of sp³-hybridized carbons (Fsp3) is 0.440. The first-order chi connectivity index (χ1) is 15.7. The standard InChI is InChI=1S/C24H31N5O4.CH4/c1-16(2)22(30)33-14-18-11-8-12-20-27-28-21(29(18)20)19(26-23(31)24(3,4)25)15-32-13-17-9-6-5-7-10-17;/h5-12,16,19H,13-15,25H2,1-4H3,(H,26,31);1H4/t19-;/m1./s1. The van der Waals surface area contributed by atoms with Crippen LogP contribution in [0.25, 0.3) is 5.65 Å². The highest BCUT2D eigenvalue weighted by Gasteiger charge is 2.28. The minimum absolute atomic E-state index is 0. The van der Waals surface area contributed by atoms with Gasteiger partial charge in [0.2, 0.25) is 5.91 Å². The quantitative estimate of drug-likeness (QED) is 0.438. The number of ether oxygens (including phenoxy) is 2. The number of amides is 1. The average Bonchev–Trinajstić information content (AvgIpc) is 3.21. The van der Waals surface area contributed by atoms with Crippen LogP contribution >= 0.6 is 0 Å². The number of rotatable bonds is 10. The van der Waals surface area contributed by atoms with Gasteiger partial charge in [-0.25, -0.2) is 0 Å². The van der Waals surface area contributed by atoms with Crippen molar-refractivity contribution in [2.75, 3.05) is 6.61 Å². The number of hydrogen-bond acceptors (Lipinski definition) is 7. The molecule has 34 heavy (non-hydrogen) atoms. The zero-order valence-electron chi connectivity index (χ0n) is 19.4. The molecular weight excluding hydrogens is 434 g/mol. The molecule has 3 rings (SSSR count). The van der Waals surface area contributed by atoms with E-state index in [0.717, 1.165) is 5.56 Å². The van der Waals surface area contributed by atoms with Gasteiger partial charge in [0.25, 0.3) is 0 Å². The van der Waals surface area contributed by atoms with Crippen molar-refractivity contribution in [3.05, 3.63) is 65.6 Å². The topological polar surface area (TPSA) is 121 Å². The first-order valence-corrected chi connectivity index (χ1v) is 10.9. The molecule has 0 saturated carbocycles. The molecule has 9 nitrogen and oxygen atoms in total. The molecule has 184 valence electrons. The van der Waals surface area contributed by atoms with Crippen molar-refractivity contribution in [1.29, 1.82) is 0 Å². The second-order valence-corrected chi connectivity index (χ2v) is 8.78. The molecule has 1 amide bonds. The van der Waals surface area contributed by atoms with Crippen molar-refractivity contribution in [1.82, 2.24) is 19.9 Å². The minimum Gasteiger partial charge on any atom is -0.459 e. The van der Waals surface area contributed by atoms with Crippen LogP contribution in [0.5, 0.6) is 0 Å². The van der Waals surface area contributed by atoms with Crippen molar-refractivity contribution in [2.24, 2.45) is 11.7 Å². The number of nitrogens with zero attached hydrogens (tertiary/aromatic N) is 3. The van der Waals surface area contributed by atoms with Gasteiger partial charge in [0.1, 0.15) is 12.6 Å². The summed E-state index contributed by atoms with van der Waals surface area (Å²) < 4.78 is 13.1. The first kappa shape index (κ1) is 26.9. The number of nitrogens with one attached hydrogen (secondary N) is 1. The number of aromatic nitrogens is 3. The van der Waals surface area contributed by atoms with Gasteiger partial charge < -0.3 is 20.5 Å². The number of nitrogens with two attached hydrogens (primary N) is 1. The summed E-state index contributed by atoms with van der Waals surface area (Å²) in [7, 11) is 0. The van der Waals surface area contributed by atoms with Crippen LogP contribution in [0, 0.1) is 5.92 Å². The van der Waals surface area contributed by atoms with Crippen LogP contribution in [0.15, 0.2) is 48.5 Å². The van der Waals surface area contributed by atoms with E-state index in [1.54, 1.807) is 38.2 Å². The van der Waals surface area contributed by atoms with E-state index in [0.29, 0.717) is 23.8 Å². The third-order valence-corrected chi connectivity index (χ3v) is 4.97. The second-order valence-electron chi connectivity index (χ2n) is 8.78. The van der Waals surface area contributed by atoms with Gasteiger partial charge in [0.05, 0.1) is 30.4 Å². The SMILES string of the molecule is C.CC(C)C(=O)OCc1cccc2nnc([C@@H](COCc3ccccc3)NC(=O)C(C)(C)N)n12. The molecule has 0 unspecified atom stereocenters. The van der Waals surface area contributed by atoms with Crippen LogP contribution in [0.3, 0.4) is 0 Å². The Morgan fingerprint density at radius 3 is 2.41 bits per heavy atom. The van der Waals surface area contributed by atoms with E-state index < -0.39 is 11.6 Å². The number of carbonyl (C=O) groups excluding carboxylic acids is 2. The smallest absolute Gasteiger partial charge is 0.308 e. The highest BCUT2D eigenvalue weighted by molar-refractivity contribution is 5.85. The van der Waals surface area contributed by atoms with E-state index in [4.69, 9.17) is 15.2 Å². The Morgan fingerprint density at radius 1 is 1.06 bits per heavy atom. The molecule has 0 bridgehead atoms. The molecule has 0 saturated heterocycles. The predicted molar refractivity (Wildman–Crippen MR) is 130 cm³/mol. The van der Waals surface area contributed by atoms with Crippen LogP contribution < -0.4 is 11.1 Å². The van der Waals surface area contributed by atoms with E-state index in [9.17, 15) is 9.59 Å². The van der Waals surface area contributed by atoms with E-state index in [1.165, 1.54) is 0 Å². The molecule has 2 heterocycles. The number of carbonyl (C=O) groups is 2. The van der Waals surface area contributed by atoms with Crippen molar-refractivity contribution in [3.63, 3.8) is 0 Å². The summed E-state index contributed by atoms with van der Waals surface area (Å²) >= 11 is 0. The highest BCUT2D eigenvalue weighted by atomic mass is 16.5. The maximum absolute atomic E-state index is 12.7. The zero-order chi connectivity index (χ0) is 24.0. The highest BCUT2D eigenvalue weighted by Crippen LogP contribution is 2.19. The van der Waals surface area contributed by atoms with Gasteiger partial charge in [-0.3, -0.25) is 14.0 Å². The normalized spacial score (nSPS) is 12.3. The molecule has 1 atom stereocenters. The van der Waals surface area contributed by atoms with Gasteiger partial charge in [-0.15, -0.1) is 10.2 Å². The average molecular weight is 470 g/mol. The summed E-state index contributed by atoms with van der Waals surface area (Å²) in [5, 5.41) is 11.5. The number of pyridine rings is 1. The maximum Gasteiger partial charge on any atom is 0.308 e. The van der Waals surface area contributed by atoms with E-state index in [1.807, 2.05) is 42.5 Å². The van der Waals surface area contributed by atoms with Crippen molar-refractivity contribution < 1.29 is 19.1 Å². The fourth-order valence-corrected chi connectivity index (χ4v) is 3.07. The lowest BCUT2D eigenvalue weighted by Gasteiger charge is -2.24. The van der Waals surface area contributed by atoms with Crippen molar-refractivity contribution in [2.45, 2.75) is 59.9 Å². The minimum atomic E-state index is -1.09. The zero-order valence-corrected chi connectivity index (χ0v) is 19.4. The van der Waals surface area contributed by atoms with E-state index >= 15 is 0 Å². The Labute approximate surface area is 200 Å². The summed E-state index contributed by atoms with van der Waals surface area (Å²) in [6.45, 7) is 7.38. The van der Waals surface area contributed by atoms with Gasteiger partial charge in [-0.1, -0.05) is 57.7 Å². The van der Waals surface area contributed by atoms with Crippen LogP contribution in [-0.2, 0) is 32.3 Å². The van der Waals surface area contributed by atoms with Gasteiger partial charge in [-0.2, -0.15) is 0 Å². The van der Waals surface area contributed by atoms with Gasteiger partial charge in [-0.05, 0) is 31.5 Å². The Balaban J connectivity index is 0.00000408. The molecule has 0 radical (unpaired) electrons. The van der Waals surface area contributed by atoms with E-state index in [-0.39, 0.29) is 38.4 Å². The summed E-state index contributed by atoms with van der Waals surface area (Å²) in [6.07, 6.45) is 0. The largest absolute Gasteiger partial charge is 0.459 e. The molecule has 9 heteroatoms. The lowest BCUT2D eigenvalue weighted by atomic mass is 10.1. The third-order valence-electron chi connectivity index (χ3n) is 4.97. The Kier molecular flexibility index (Phi) is 9.28. The van der Waals surface area contributed by atoms with Crippen LogP contribution in [-0.4, -0.2) is 38.6 Å². The molecule has 0 spiro atoms. The predicted octanol–water partition coefficient (Wildman–Crippen LogP) is 3.18. The molecular formula is C25H35N5O4. The van der Waals surface area contributed by atoms with Crippen molar-refractivity contribution >= 4 is 17.5 Å². The summed E-state index contributed by atoms with van der Waals surface area (Å²) in [6, 6.07) is 14.5. The Bertz CT molecular complexity index is 1090. The molecule has 3 N–H and O–H groups in total. The molecule has 1 aromatic carbocycles.